The highest BCUT2D eigenvalue weighted by atomic mass is 16.5. The van der Waals surface area contributed by atoms with Crippen LogP contribution < -0.4 is 35.7 Å². The maximum atomic E-state index is 15.5. The number of likely N-dealkylation sites (tertiary alicyclic amines) is 2. The molecule has 2 saturated heterocycles. The summed E-state index contributed by atoms with van der Waals surface area (Å²) in [6.07, 6.45) is 6.34. The molecule has 8 rings (SSSR count). The lowest BCUT2D eigenvalue weighted by Crippen LogP contribution is -2.48. The number of nitrogens with one attached hydrogen (secondary N) is 2. The highest BCUT2D eigenvalue weighted by molar-refractivity contribution is 6.40. The van der Waals surface area contributed by atoms with E-state index in [2.05, 4.69) is 10.6 Å². The second-order valence-electron chi connectivity index (χ2n) is 25.1. The van der Waals surface area contributed by atoms with E-state index in [1.54, 1.807) is 27.4 Å². The van der Waals surface area contributed by atoms with Gasteiger partial charge in [0.15, 0.2) is 5.75 Å². The number of piperidine rings is 2. The van der Waals surface area contributed by atoms with Crippen molar-refractivity contribution >= 4 is 78.1 Å². The Hall–Kier alpha value is -6.01. The highest BCUT2D eigenvalue weighted by Crippen LogP contribution is 2.56. The largest absolute Gasteiger partial charge is 0.507 e. The molecule has 1 atom stereocenters. The first-order valence-electron chi connectivity index (χ1n) is 28.4. The number of ketones is 1. The molecule has 0 aromatic heterocycles. The van der Waals surface area contributed by atoms with Gasteiger partial charge in [-0.15, -0.1) is 0 Å². The summed E-state index contributed by atoms with van der Waals surface area (Å²) in [5, 5.41) is 22.5. The summed E-state index contributed by atoms with van der Waals surface area (Å²) in [4.78, 5) is 76.3. The number of Topliss-reactive ketones (excluding diaryl/α,β-unsaturated/α-hetero) is 1. The summed E-state index contributed by atoms with van der Waals surface area (Å²) < 4.78 is 41.7. The van der Waals surface area contributed by atoms with Crippen LogP contribution in [0.4, 0.5) is 11.4 Å². The van der Waals surface area contributed by atoms with Crippen LogP contribution in [0, 0.1) is 17.3 Å². The van der Waals surface area contributed by atoms with Gasteiger partial charge in [-0.05, 0) is 125 Å². The van der Waals surface area contributed by atoms with Crippen LogP contribution in [0.3, 0.4) is 0 Å². The first-order valence-corrected chi connectivity index (χ1v) is 28.4. The van der Waals surface area contributed by atoms with Crippen molar-refractivity contribution in [3.63, 3.8) is 0 Å². The van der Waals surface area contributed by atoms with E-state index in [9.17, 15) is 19.5 Å². The van der Waals surface area contributed by atoms with Crippen LogP contribution in [0.1, 0.15) is 131 Å². The number of methoxy groups -OCH3 is 5. The number of carbonyl (C=O) groups is 3. The second-order valence-corrected chi connectivity index (χ2v) is 25.1. The summed E-state index contributed by atoms with van der Waals surface area (Å²) in [5.41, 5.74) is -0.743. The predicted molar refractivity (Wildman–Crippen MR) is 316 cm³/mol. The van der Waals surface area contributed by atoms with E-state index in [0.29, 0.717) is 150 Å². The molecule has 3 N–H and O–H groups in total. The molecule has 2 heterocycles. The summed E-state index contributed by atoms with van der Waals surface area (Å²) in [6, 6.07) is 3.23. The molecule has 5 aromatic rings. The molecular formula is C63H86N4O13. The molecule has 2 amide bonds. The van der Waals surface area contributed by atoms with Crippen molar-refractivity contribution in [3.8, 4) is 23.0 Å². The van der Waals surface area contributed by atoms with Gasteiger partial charge in [0.1, 0.15) is 23.0 Å². The second kappa shape index (κ2) is 23.5. The molecule has 1 unspecified atom stereocenters. The zero-order valence-electron chi connectivity index (χ0n) is 50.0. The standard InChI is InChI=1S/C63H86N4O13/c1-35-28-39-46-51-48(56(71)55(39)65-32-38-17-23-66(24-18-38)44(70)16-21-61(5,6)80-34-63(9,10)78-15)41(69)30-43(76-13)50(51)49-42(75-12)29-40(47-53(49)52(46)54(45(35)36(2)68)58(77-14)57(47)72)64-31-37-19-25-67(26-20-37)59(73)60(3,4)33-79-62(7,8)22-27-74-11/h28-30,37-38,45,64-65,69H,16-27,31-34H2,1-15H3. The minimum Gasteiger partial charge on any atom is -0.507 e. The first-order chi connectivity index (χ1) is 37.7. The molecule has 2 fully saturated rings. The molecule has 5 aromatic carbocycles. The van der Waals surface area contributed by atoms with Crippen molar-refractivity contribution in [1.82, 2.24) is 9.80 Å². The lowest BCUT2D eigenvalue weighted by atomic mass is 9.80. The number of anilines is 2. The van der Waals surface area contributed by atoms with E-state index >= 15 is 9.59 Å². The van der Waals surface area contributed by atoms with E-state index in [4.69, 9.17) is 33.2 Å². The summed E-state index contributed by atoms with van der Waals surface area (Å²) in [6.45, 7) is 23.5. The molecule has 80 heavy (non-hydrogen) atoms. The highest BCUT2D eigenvalue weighted by Gasteiger charge is 2.40. The molecule has 17 nitrogen and oxygen atoms in total. The average Bonchev–Trinajstić information content (AvgIpc) is 2.31. The Morgan fingerprint density at radius 2 is 1.21 bits per heavy atom. The van der Waals surface area contributed by atoms with E-state index in [0.717, 1.165) is 12.8 Å². The summed E-state index contributed by atoms with van der Waals surface area (Å²) in [7, 11) is 7.79. The Morgan fingerprint density at radius 1 is 0.650 bits per heavy atom. The predicted octanol–water partition coefficient (Wildman–Crippen LogP) is 9.88. The minimum atomic E-state index is -0.943. The monoisotopic (exact) mass is 1110 g/mol. The van der Waals surface area contributed by atoms with E-state index in [1.165, 1.54) is 27.2 Å². The van der Waals surface area contributed by atoms with Crippen molar-refractivity contribution in [3.05, 3.63) is 49.3 Å². The number of hydrogen-bond acceptors (Lipinski definition) is 15. The third-order valence-corrected chi connectivity index (χ3v) is 17.3. The van der Waals surface area contributed by atoms with Crippen LogP contribution >= 0.6 is 0 Å². The van der Waals surface area contributed by atoms with Crippen LogP contribution in [0.5, 0.6) is 23.0 Å². The molecular weight excluding hydrogens is 1020 g/mol. The topological polar surface area (TPSA) is 201 Å². The average molecular weight is 1110 g/mol. The number of ether oxygens (including phenoxy) is 7. The number of allylic oxidation sites excluding steroid dienone is 1. The Kier molecular flexibility index (Phi) is 17.6. The Morgan fingerprint density at radius 3 is 1.79 bits per heavy atom. The van der Waals surface area contributed by atoms with Gasteiger partial charge in [0, 0.05) is 122 Å². The lowest BCUT2D eigenvalue weighted by molar-refractivity contribution is -0.149. The van der Waals surface area contributed by atoms with Crippen molar-refractivity contribution in [2.45, 2.75) is 137 Å². The molecule has 0 bridgehead atoms. The van der Waals surface area contributed by atoms with Gasteiger partial charge in [-0.25, -0.2) is 0 Å². The van der Waals surface area contributed by atoms with Gasteiger partial charge in [-0.3, -0.25) is 24.0 Å². The molecule has 436 valence electrons. The van der Waals surface area contributed by atoms with Gasteiger partial charge in [0.05, 0.1) is 79.1 Å². The molecule has 3 aliphatic rings. The smallest absolute Gasteiger partial charge is 0.230 e. The van der Waals surface area contributed by atoms with Gasteiger partial charge in [-0.1, -0.05) is 11.6 Å². The lowest BCUT2D eigenvalue weighted by Gasteiger charge is -2.38. The van der Waals surface area contributed by atoms with Crippen LogP contribution in [0.2, 0.25) is 0 Å². The number of amides is 2. The Bertz CT molecular complexity index is 3290. The maximum Gasteiger partial charge on any atom is 0.230 e. The van der Waals surface area contributed by atoms with Gasteiger partial charge < -0.3 is 58.7 Å². The fourth-order valence-electron chi connectivity index (χ4n) is 12.2. The van der Waals surface area contributed by atoms with Crippen LogP contribution in [0.15, 0.2) is 27.3 Å². The number of carbonyl (C=O) groups excluding carboxylic acids is 3. The number of rotatable bonds is 24. The fourth-order valence-corrected chi connectivity index (χ4v) is 12.2. The molecule has 2 aliphatic heterocycles. The SMILES string of the molecule is COCCC(C)(C)OCC(C)(C)C(=O)N1CCC(CNc2cc(OC)c3c4c(OC)cc(O)c5c(=O)c(NCC6CCN(C(=O)CCC(C)(C)OCC(C)(C)OC)CC6)c6c(c7c(c(OC)c(=O)c2c37)C(C(C)=O)C(C)=C6)c54)CC1. The molecule has 17 heteroatoms. The third-order valence-electron chi connectivity index (χ3n) is 17.3. The summed E-state index contributed by atoms with van der Waals surface area (Å²) in [5.74, 6) is -0.451. The van der Waals surface area contributed by atoms with E-state index in [1.807, 2.05) is 78.2 Å². The van der Waals surface area contributed by atoms with E-state index in [-0.39, 0.29) is 64.4 Å². The number of phenolic OH excluding ortho intramolecular Hbond substituents is 1. The quantitative estimate of drug-likeness (QED) is 0.0389. The van der Waals surface area contributed by atoms with Gasteiger partial charge >= 0.3 is 0 Å². The maximum absolute atomic E-state index is 15.5. The number of fused-ring (bicyclic) bond motifs is 1. The molecule has 0 saturated carbocycles. The van der Waals surface area contributed by atoms with Crippen LogP contribution in [0.25, 0.3) is 49.2 Å². The Labute approximate surface area is 470 Å². The van der Waals surface area contributed by atoms with Crippen molar-refractivity contribution in [2.75, 3.05) is 105 Å². The molecule has 0 radical (unpaired) electrons. The third kappa shape index (κ3) is 11.7. The number of aromatic hydroxyl groups is 1. The first kappa shape index (κ1) is 60.1. The zero-order valence-corrected chi connectivity index (χ0v) is 50.0. The van der Waals surface area contributed by atoms with Crippen LogP contribution in [-0.4, -0.2) is 144 Å². The fraction of sp³-hybridized carbons (Fsp3) is 0.603. The normalized spacial score (nSPS) is 17.0. The van der Waals surface area contributed by atoms with Crippen LogP contribution in [-0.2, 0) is 33.3 Å². The molecule has 1 aliphatic carbocycles. The molecule has 0 spiro atoms. The zero-order chi connectivity index (χ0) is 58.4. The van der Waals surface area contributed by atoms with Crippen molar-refractivity contribution < 1.29 is 52.6 Å². The van der Waals surface area contributed by atoms with Gasteiger partial charge in [0.2, 0.25) is 22.7 Å². The Balaban J connectivity index is 1.16. The number of phenols is 1. The number of nitrogens with zero attached hydrogens (tertiary/aromatic N) is 2. The van der Waals surface area contributed by atoms with Crippen molar-refractivity contribution in [2.24, 2.45) is 17.3 Å². The van der Waals surface area contributed by atoms with Gasteiger partial charge in [-0.2, -0.15) is 0 Å². The van der Waals surface area contributed by atoms with Gasteiger partial charge in [0.25, 0.3) is 0 Å². The summed E-state index contributed by atoms with van der Waals surface area (Å²) >= 11 is 0. The van der Waals surface area contributed by atoms with E-state index < -0.39 is 39.0 Å². The van der Waals surface area contributed by atoms with Crippen molar-refractivity contribution in [1.29, 1.82) is 0 Å². The number of benzene rings is 5. The minimum absolute atomic E-state index is 0.00447. The number of hydrogen-bond donors (Lipinski definition) is 3.